The molecule has 0 radical (unpaired) electrons. The summed E-state index contributed by atoms with van der Waals surface area (Å²) in [5, 5.41) is 0. The van der Waals surface area contributed by atoms with Crippen LogP contribution < -0.4 is 0 Å². The summed E-state index contributed by atoms with van der Waals surface area (Å²) in [6.45, 7) is 2.23. The summed E-state index contributed by atoms with van der Waals surface area (Å²) < 4.78 is 0. The first kappa shape index (κ1) is 10.6. The second-order valence-electron chi connectivity index (χ2n) is 6.04. The lowest BCUT2D eigenvalue weighted by atomic mass is 9.59. The van der Waals surface area contributed by atoms with Crippen LogP contribution >= 0.6 is 0 Å². The monoisotopic (exact) mass is 221 g/mol. The van der Waals surface area contributed by atoms with Gasteiger partial charge in [-0.15, -0.1) is 0 Å². The van der Waals surface area contributed by atoms with Gasteiger partial charge < -0.3 is 4.90 Å². The Labute approximate surface area is 98.4 Å². The molecule has 16 heavy (non-hydrogen) atoms. The highest BCUT2D eigenvalue weighted by atomic mass is 16.2. The molecule has 3 aliphatic rings. The maximum atomic E-state index is 11.8. The molecule has 2 heteroatoms. The number of hydrogen-bond donors (Lipinski definition) is 0. The van der Waals surface area contributed by atoms with Gasteiger partial charge in [-0.1, -0.05) is 26.2 Å². The van der Waals surface area contributed by atoms with E-state index in [2.05, 4.69) is 11.8 Å². The Morgan fingerprint density at radius 1 is 1.25 bits per heavy atom. The smallest absolute Gasteiger partial charge is 0.225 e. The molecule has 3 fully saturated rings. The van der Waals surface area contributed by atoms with Gasteiger partial charge in [0.2, 0.25) is 5.91 Å². The van der Waals surface area contributed by atoms with Gasteiger partial charge in [0.1, 0.15) is 0 Å². The summed E-state index contributed by atoms with van der Waals surface area (Å²) >= 11 is 0. The normalized spacial score (nSPS) is 37.1. The predicted molar refractivity (Wildman–Crippen MR) is 64.1 cm³/mol. The first-order valence-corrected chi connectivity index (χ1v) is 7.08. The fraction of sp³-hybridized carbons (Fsp3) is 0.929. The summed E-state index contributed by atoms with van der Waals surface area (Å²) in [6.07, 6.45) is 11.6. The zero-order valence-electron chi connectivity index (χ0n) is 10.4. The van der Waals surface area contributed by atoms with Crippen molar-refractivity contribution in [1.29, 1.82) is 0 Å². The standard InChI is InChI=1S/C14H23NO/c1-2-11-6-9-14(7-4-3-5-8-14)12-10-13(16)15(11)12/h11-12H,2-10H2,1H3/t11-,12+/m0/s1. The Kier molecular flexibility index (Phi) is 2.49. The van der Waals surface area contributed by atoms with Crippen LogP contribution in [0, 0.1) is 5.41 Å². The Morgan fingerprint density at radius 3 is 2.62 bits per heavy atom. The molecule has 3 rings (SSSR count). The largest absolute Gasteiger partial charge is 0.336 e. The van der Waals surface area contributed by atoms with Crippen molar-refractivity contribution < 1.29 is 4.79 Å². The van der Waals surface area contributed by atoms with Crippen LogP contribution in [-0.2, 0) is 4.79 Å². The molecule has 0 aromatic heterocycles. The Hall–Kier alpha value is -0.530. The third kappa shape index (κ3) is 1.34. The van der Waals surface area contributed by atoms with Gasteiger partial charge in [-0.25, -0.2) is 0 Å². The fourth-order valence-electron chi connectivity index (χ4n) is 4.40. The van der Waals surface area contributed by atoms with Gasteiger partial charge in [0.15, 0.2) is 0 Å². The molecule has 0 aromatic carbocycles. The van der Waals surface area contributed by atoms with Crippen LogP contribution in [0.5, 0.6) is 0 Å². The molecule has 1 spiro atoms. The van der Waals surface area contributed by atoms with Crippen molar-refractivity contribution in [2.75, 3.05) is 0 Å². The molecule has 0 unspecified atom stereocenters. The molecular formula is C14H23NO. The third-order valence-electron chi connectivity index (χ3n) is 5.39. The van der Waals surface area contributed by atoms with Crippen molar-refractivity contribution in [2.24, 2.45) is 5.41 Å². The Morgan fingerprint density at radius 2 is 2.00 bits per heavy atom. The number of nitrogens with zero attached hydrogens (tertiary/aromatic N) is 1. The molecule has 0 N–H and O–H groups in total. The number of piperidine rings is 1. The molecule has 0 bridgehead atoms. The van der Waals surface area contributed by atoms with Crippen LogP contribution in [-0.4, -0.2) is 22.9 Å². The van der Waals surface area contributed by atoms with Crippen LogP contribution in [0.1, 0.15) is 64.7 Å². The summed E-state index contributed by atoms with van der Waals surface area (Å²) in [4.78, 5) is 14.0. The quantitative estimate of drug-likeness (QED) is 0.623. The van der Waals surface area contributed by atoms with Gasteiger partial charge in [-0.2, -0.15) is 0 Å². The molecule has 2 heterocycles. The van der Waals surface area contributed by atoms with Crippen LogP contribution in [0.25, 0.3) is 0 Å². The van der Waals surface area contributed by atoms with E-state index in [0.29, 0.717) is 23.4 Å². The molecule has 90 valence electrons. The highest BCUT2D eigenvalue weighted by molar-refractivity contribution is 5.84. The van der Waals surface area contributed by atoms with E-state index in [1.807, 2.05) is 0 Å². The topological polar surface area (TPSA) is 20.3 Å². The van der Waals surface area contributed by atoms with E-state index >= 15 is 0 Å². The first-order valence-electron chi connectivity index (χ1n) is 7.08. The predicted octanol–water partition coefficient (Wildman–Crippen LogP) is 3.11. The zero-order valence-corrected chi connectivity index (χ0v) is 10.4. The van der Waals surface area contributed by atoms with Gasteiger partial charge in [0, 0.05) is 18.5 Å². The Bertz CT molecular complexity index is 293. The molecule has 0 aromatic rings. The molecular weight excluding hydrogens is 198 g/mol. The lowest BCUT2D eigenvalue weighted by Gasteiger charge is -2.60. The van der Waals surface area contributed by atoms with Crippen molar-refractivity contribution >= 4 is 5.91 Å². The lowest BCUT2D eigenvalue weighted by Crippen LogP contribution is -2.67. The van der Waals surface area contributed by atoms with Crippen LogP contribution in [0.4, 0.5) is 0 Å². The number of hydrogen-bond acceptors (Lipinski definition) is 1. The van der Waals surface area contributed by atoms with E-state index in [1.54, 1.807) is 0 Å². The van der Waals surface area contributed by atoms with Gasteiger partial charge in [-0.05, 0) is 37.5 Å². The molecule has 2 nitrogen and oxygen atoms in total. The molecule has 1 saturated carbocycles. The number of carbonyl (C=O) groups is 1. The number of β-lactam (4-membered cyclic amide) rings is 1. The van der Waals surface area contributed by atoms with Crippen molar-refractivity contribution in [3.8, 4) is 0 Å². The van der Waals surface area contributed by atoms with Gasteiger partial charge >= 0.3 is 0 Å². The Balaban J connectivity index is 1.81. The minimum atomic E-state index is 0.432. The van der Waals surface area contributed by atoms with E-state index < -0.39 is 0 Å². The summed E-state index contributed by atoms with van der Waals surface area (Å²) in [7, 11) is 0. The minimum absolute atomic E-state index is 0.432. The second-order valence-corrected chi connectivity index (χ2v) is 6.04. The van der Waals surface area contributed by atoms with E-state index in [0.717, 1.165) is 12.8 Å². The van der Waals surface area contributed by atoms with Crippen LogP contribution in [0.15, 0.2) is 0 Å². The number of fused-ring (bicyclic) bond motifs is 2. The minimum Gasteiger partial charge on any atom is -0.336 e. The summed E-state index contributed by atoms with van der Waals surface area (Å²) in [5.74, 6) is 0.432. The second kappa shape index (κ2) is 3.75. The first-order chi connectivity index (χ1) is 7.77. The average Bonchev–Trinajstić information content (AvgIpc) is 2.31. The highest BCUT2D eigenvalue weighted by Crippen LogP contribution is 2.53. The summed E-state index contributed by atoms with van der Waals surface area (Å²) in [6, 6.07) is 1.19. The SMILES string of the molecule is CC[C@H]1CCC2(CCCCC2)[C@H]2CC(=O)N12. The molecule has 1 aliphatic carbocycles. The zero-order chi connectivity index (χ0) is 11.2. The summed E-state index contributed by atoms with van der Waals surface area (Å²) in [5.41, 5.74) is 0.540. The molecule has 2 saturated heterocycles. The van der Waals surface area contributed by atoms with E-state index in [9.17, 15) is 4.79 Å². The maximum Gasteiger partial charge on any atom is 0.225 e. The highest BCUT2D eigenvalue weighted by Gasteiger charge is 2.55. The van der Waals surface area contributed by atoms with E-state index in [-0.39, 0.29) is 0 Å². The molecule has 1 amide bonds. The van der Waals surface area contributed by atoms with Gasteiger partial charge in [-0.3, -0.25) is 4.79 Å². The lowest BCUT2D eigenvalue weighted by molar-refractivity contribution is -0.170. The van der Waals surface area contributed by atoms with Crippen molar-refractivity contribution in [3.05, 3.63) is 0 Å². The van der Waals surface area contributed by atoms with Crippen molar-refractivity contribution in [3.63, 3.8) is 0 Å². The average molecular weight is 221 g/mol. The van der Waals surface area contributed by atoms with Gasteiger partial charge in [0.05, 0.1) is 0 Å². The number of carbonyl (C=O) groups excluding carboxylic acids is 1. The fourth-order valence-corrected chi connectivity index (χ4v) is 4.40. The van der Waals surface area contributed by atoms with E-state index in [1.165, 1.54) is 44.9 Å². The van der Waals surface area contributed by atoms with E-state index in [4.69, 9.17) is 0 Å². The van der Waals surface area contributed by atoms with Crippen molar-refractivity contribution in [1.82, 2.24) is 4.90 Å². The van der Waals surface area contributed by atoms with Crippen LogP contribution in [0.3, 0.4) is 0 Å². The molecule has 2 atom stereocenters. The third-order valence-corrected chi connectivity index (χ3v) is 5.39. The number of amides is 1. The van der Waals surface area contributed by atoms with Gasteiger partial charge in [0.25, 0.3) is 0 Å². The van der Waals surface area contributed by atoms with Crippen molar-refractivity contribution in [2.45, 2.75) is 76.8 Å². The molecule has 2 aliphatic heterocycles. The maximum absolute atomic E-state index is 11.8. The van der Waals surface area contributed by atoms with Crippen LogP contribution in [0.2, 0.25) is 0 Å². The number of rotatable bonds is 1.